The smallest absolute Gasteiger partial charge is 0.396 e. The van der Waals surface area contributed by atoms with Gasteiger partial charge in [0.05, 0.1) is 12.7 Å². The van der Waals surface area contributed by atoms with Crippen molar-refractivity contribution in [3.63, 3.8) is 0 Å². The molecule has 114 valence electrons. The molecule has 0 saturated carbocycles. The van der Waals surface area contributed by atoms with E-state index in [0.29, 0.717) is 6.42 Å². The molecule has 1 heterocycles. The van der Waals surface area contributed by atoms with Crippen LogP contribution in [0, 0.1) is 0 Å². The van der Waals surface area contributed by atoms with E-state index in [2.05, 4.69) is 4.52 Å². The maximum Gasteiger partial charge on any atom is 0.469 e. The molecule has 0 spiro atoms. The van der Waals surface area contributed by atoms with Crippen LogP contribution in [-0.2, 0) is 13.8 Å². The first kappa shape index (κ1) is 17.0. The van der Waals surface area contributed by atoms with Crippen LogP contribution in [0.2, 0.25) is 0 Å². The first-order valence-electron chi connectivity index (χ1n) is 5.77. The third-order valence-electron chi connectivity index (χ3n) is 2.86. The van der Waals surface area contributed by atoms with Crippen molar-refractivity contribution in [1.82, 2.24) is 0 Å². The molecule has 5 atom stereocenters. The number of rotatable bonds is 6. The molecular formula is C9H19O9P. The summed E-state index contributed by atoms with van der Waals surface area (Å²) < 4.78 is 20.0. The third kappa shape index (κ3) is 5.07. The van der Waals surface area contributed by atoms with Crippen molar-refractivity contribution >= 4 is 7.82 Å². The fourth-order valence-corrected chi connectivity index (χ4v) is 2.21. The Morgan fingerprint density at radius 2 is 1.63 bits per heavy atom. The Hall–Kier alpha value is -0.0900. The average molecular weight is 302 g/mol. The van der Waals surface area contributed by atoms with Gasteiger partial charge in [0.1, 0.15) is 24.4 Å². The Morgan fingerprint density at radius 1 is 1.05 bits per heavy atom. The van der Waals surface area contributed by atoms with E-state index in [1.165, 1.54) is 0 Å². The number of ether oxygens (including phenoxy) is 1. The van der Waals surface area contributed by atoms with E-state index in [1.54, 1.807) is 0 Å². The van der Waals surface area contributed by atoms with E-state index in [4.69, 9.17) is 19.6 Å². The van der Waals surface area contributed by atoms with Gasteiger partial charge in [-0.15, -0.1) is 0 Å². The second-order valence-electron chi connectivity index (χ2n) is 4.34. The summed E-state index contributed by atoms with van der Waals surface area (Å²) in [5, 5.41) is 37.6. The highest BCUT2D eigenvalue weighted by molar-refractivity contribution is 7.46. The lowest BCUT2D eigenvalue weighted by Crippen LogP contribution is -2.58. The van der Waals surface area contributed by atoms with Gasteiger partial charge < -0.3 is 34.9 Å². The zero-order valence-corrected chi connectivity index (χ0v) is 11.0. The Labute approximate surface area is 109 Å². The van der Waals surface area contributed by atoms with Crippen LogP contribution in [-0.4, -0.2) is 73.9 Å². The second-order valence-corrected chi connectivity index (χ2v) is 5.58. The molecule has 1 aliphatic rings. The maximum atomic E-state index is 10.6. The van der Waals surface area contributed by atoms with Gasteiger partial charge in [0.2, 0.25) is 0 Å². The minimum absolute atomic E-state index is 0.130. The molecule has 1 aliphatic heterocycles. The van der Waals surface area contributed by atoms with E-state index in [9.17, 15) is 19.9 Å². The molecule has 10 heteroatoms. The van der Waals surface area contributed by atoms with Crippen LogP contribution in [0.15, 0.2) is 0 Å². The van der Waals surface area contributed by atoms with Crippen molar-refractivity contribution in [2.75, 3.05) is 13.2 Å². The number of hydrogen-bond acceptors (Lipinski definition) is 7. The van der Waals surface area contributed by atoms with Crippen LogP contribution in [0.4, 0.5) is 0 Å². The van der Waals surface area contributed by atoms with Crippen molar-refractivity contribution in [1.29, 1.82) is 0 Å². The minimum Gasteiger partial charge on any atom is -0.396 e. The summed E-state index contributed by atoms with van der Waals surface area (Å²) in [6, 6.07) is 0. The van der Waals surface area contributed by atoms with E-state index < -0.39 is 44.9 Å². The number of aliphatic hydroxyl groups excluding tert-OH is 4. The first-order valence-corrected chi connectivity index (χ1v) is 7.30. The van der Waals surface area contributed by atoms with Gasteiger partial charge in [-0.1, -0.05) is 0 Å². The molecule has 0 aliphatic carbocycles. The van der Waals surface area contributed by atoms with E-state index in [-0.39, 0.29) is 13.0 Å². The second kappa shape index (κ2) is 7.07. The largest absolute Gasteiger partial charge is 0.469 e. The summed E-state index contributed by atoms with van der Waals surface area (Å²) in [6.45, 7) is -0.750. The fourth-order valence-electron chi connectivity index (χ4n) is 1.87. The summed E-state index contributed by atoms with van der Waals surface area (Å²) in [7, 11) is -4.71. The zero-order valence-electron chi connectivity index (χ0n) is 10.1. The Balaban J connectivity index is 2.62. The summed E-state index contributed by atoms with van der Waals surface area (Å²) in [5.41, 5.74) is 0. The van der Waals surface area contributed by atoms with Gasteiger partial charge in [-0.2, -0.15) is 0 Å². The maximum absolute atomic E-state index is 10.6. The first-order chi connectivity index (χ1) is 8.76. The average Bonchev–Trinajstić information content (AvgIpc) is 2.33. The Morgan fingerprint density at radius 3 is 2.16 bits per heavy atom. The molecule has 0 radical (unpaired) electrons. The molecule has 1 rings (SSSR count). The number of phosphoric acid groups is 1. The van der Waals surface area contributed by atoms with Gasteiger partial charge in [-0.25, -0.2) is 4.57 Å². The quantitative estimate of drug-likeness (QED) is 0.297. The van der Waals surface area contributed by atoms with Crippen LogP contribution >= 0.6 is 7.82 Å². The lowest BCUT2D eigenvalue weighted by molar-refractivity contribution is -0.229. The van der Waals surface area contributed by atoms with Crippen LogP contribution < -0.4 is 0 Å². The van der Waals surface area contributed by atoms with E-state index in [1.807, 2.05) is 0 Å². The Bertz CT molecular complexity index is 319. The van der Waals surface area contributed by atoms with Gasteiger partial charge in [0.15, 0.2) is 0 Å². The molecule has 0 bridgehead atoms. The molecule has 1 fully saturated rings. The molecule has 1 saturated heterocycles. The van der Waals surface area contributed by atoms with Crippen LogP contribution in [0.3, 0.4) is 0 Å². The molecule has 0 aromatic carbocycles. The summed E-state index contributed by atoms with van der Waals surface area (Å²) >= 11 is 0. The molecule has 5 unspecified atom stereocenters. The van der Waals surface area contributed by atoms with Crippen LogP contribution in [0.5, 0.6) is 0 Å². The summed E-state index contributed by atoms with van der Waals surface area (Å²) in [4.78, 5) is 17.1. The summed E-state index contributed by atoms with van der Waals surface area (Å²) in [6.07, 6.45) is -5.85. The van der Waals surface area contributed by atoms with Crippen molar-refractivity contribution in [2.24, 2.45) is 0 Å². The highest BCUT2D eigenvalue weighted by atomic mass is 31.2. The molecule has 6 N–H and O–H groups in total. The number of aliphatic hydroxyl groups is 4. The minimum atomic E-state index is -4.71. The van der Waals surface area contributed by atoms with E-state index >= 15 is 0 Å². The molecule has 0 aromatic rings. The number of hydrogen-bond donors (Lipinski definition) is 6. The topological polar surface area (TPSA) is 157 Å². The zero-order chi connectivity index (χ0) is 14.6. The predicted molar refractivity (Wildman–Crippen MR) is 61.0 cm³/mol. The highest BCUT2D eigenvalue weighted by Crippen LogP contribution is 2.37. The highest BCUT2D eigenvalue weighted by Gasteiger charge is 2.43. The van der Waals surface area contributed by atoms with Crippen molar-refractivity contribution < 1.29 is 44.0 Å². The third-order valence-corrected chi connectivity index (χ3v) is 3.35. The molecule has 19 heavy (non-hydrogen) atoms. The van der Waals surface area contributed by atoms with Crippen molar-refractivity contribution in [3.8, 4) is 0 Å². The van der Waals surface area contributed by atoms with Gasteiger partial charge >= 0.3 is 7.82 Å². The molecule has 9 nitrogen and oxygen atoms in total. The molecule has 0 amide bonds. The number of phosphoric ester groups is 1. The monoisotopic (exact) mass is 302 g/mol. The van der Waals surface area contributed by atoms with E-state index in [0.717, 1.165) is 0 Å². The summed E-state index contributed by atoms with van der Waals surface area (Å²) in [5.74, 6) is 0. The SMILES string of the molecule is O=P(O)(O)OCC1OC(CCCO)C(O)C(O)C1O. The molecular weight excluding hydrogens is 283 g/mol. The van der Waals surface area contributed by atoms with Crippen LogP contribution in [0.25, 0.3) is 0 Å². The molecule has 0 aromatic heterocycles. The standard InChI is InChI=1S/C9H19O9P/c10-3-1-2-5-7(11)9(13)8(12)6(18-5)4-17-19(14,15)16/h5-13H,1-4H2,(H2,14,15,16). The van der Waals surface area contributed by atoms with Crippen LogP contribution in [0.1, 0.15) is 12.8 Å². The van der Waals surface area contributed by atoms with Gasteiger partial charge in [0, 0.05) is 6.61 Å². The van der Waals surface area contributed by atoms with Gasteiger partial charge in [-0.3, -0.25) is 4.52 Å². The Kier molecular flexibility index (Phi) is 6.31. The fraction of sp³-hybridized carbons (Fsp3) is 1.00. The normalized spacial score (nSPS) is 36.4. The van der Waals surface area contributed by atoms with Gasteiger partial charge in [-0.05, 0) is 12.8 Å². The lowest BCUT2D eigenvalue weighted by atomic mass is 9.93. The van der Waals surface area contributed by atoms with Crippen molar-refractivity contribution in [3.05, 3.63) is 0 Å². The van der Waals surface area contributed by atoms with Gasteiger partial charge in [0.25, 0.3) is 0 Å². The lowest BCUT2D eigenvalue weighted by Gasteiger charge is -2.40. The predicted octanol–water partition coefficient (Wildman–Crippen LogP) is -2.28. The van der Waals surface area contributed by atoms with Crippen molar-refractivity contribution in [2.45, 2.75) is 43.4 Å².